The lowest BCUT2D eigenvalue weighted by Gasteiger charge is -2.32. The Morgan fingerprint density at radius 1 is 1.28 bits per heavy atom. The SMILES string of the molecule is Cc1noc(C)c1-c1nc([C@H]2CCCN(Cc3ncccc3F)C2)ccc1CO. The fourth-order valence-electron chi connectivity index (χ4n) is 4.08. The van der Waals surface area contributed by atoms with Gasteiger partial charge >= 0.3 is 0 Å². The lowest BCUT2D eigenvalue weighted by atomic mass is 9.92. The van der Waals surface area contributed by atoms with Gasteiger partial charge in [0.05, 0.1) is 29.3 Å². The molecular formula is C22H25FN4O2. The van der Waals surface area contributed by atoms with Crippen molar-refractivity contribution in [3.8, 4) is 11.3 Å². The summed E-state index contributed by atoms with van der Waals surface area (Å²) in [6.45, 7) is 5.84. The number of aromatic nitrogens is 3. The Bertz CT molecular complexity index is 985. The monoisotopic (exact) mass is 396 g/mol. The molecule has 4 rings (SSSR count). The van der Waals surface area contributed by atoms with Crippen molar-refractivity contribution < 1.29 is 14.0 Å². The smallest absolute Gasteiger partial charge is 0.146 e. The van der Waals surface area contributed by atoms with E-state index in [4.69, 9.17) is 9.51 Å². The molecule has 1 fully saturated rings. The first kappa shape index (κ1) is 19.7. The summed E-state index contributed by atoms with van der Waals surface area (Å²) in [7, 11) is 0. The van der Waals surface area contributed by atoms with Crippen LogP contribution < -0.4 is 0 Å². The molecule has 1 aliphatic heterocycles. The number of pyridine rings is 2. The molecule has 0 bridgehead atoms. The maximum Gasteiger partial charge on any atom is 0.146 e. The number of piperidine rings is 1. The molecule has 3 aromatic heterocycles. The van der Waals surface area contributed by atoms with Gasteiger partial charge in [-0.2, -0.15) is 0 Å². The van der Waals surface area contributed by atoms with Crippen molar-refractivity contribution in [1.82, 2.24) is 20.0 Å². The molecule has 29 heavy (non-hydrogen) atoms. The van der Waals surface area contributed by atoms with E-state index in [1.165, 1.54) is 6.07 Å². The van der Waals surface area contributed by atoms with Gasteiger partial charge in [-0.05, 0) is 51.4 Å². The molecule has 0 spiro atoms. The fourth-order valence-corrected chi connectivity index (χ4v) is 4.08. The van der Waals surface area contributed by atoms with E-state index in [1.54, 1.807) is 12.3 Å². The van der Waals surface area contributed by atoms with Gasteiger partial charge in [-0.1, -0.05) is 11.2 Å². The molecule has 1 atom stereocenters. The maximum absolute atomic E-state index is 14.0. The van der Waals surface area contributed by atoms with Gasteiger partial charge in [0.1, 0.15) is 11.6 Å². The van der Waals surface area contributed by atoms with Crippen LogP contribution in [0.5, 0.6) is 0 Å². The zero-order valence-electron chi connectivity index (χ0n) is 16.7. The molecule has 0 unspecified atom stereocenters. The van der Waals surface area contributed by atoms with E-state index in [1.807, 2.05) is 26.0 Å². The quantitative estimate of drug-likeness (QED) is 0.708. The van der Waals surface area contributed by atoms with Crippen molar-refractivity contribution in [3.63, 3.8) is 0 Å². The first-order chi connectivity index (χ1) is 14.1. The number of hydrogen-bond donors (Lipinski definition) is 1. The minimum Gasteiger partial charge on any atom is -0.392 e. The third-order valence-corrected chi connectivity index (χ3v) is 5.57. The highest BCUT2D eigenvalue weighted by atomic mass is 19.1. The summed E-state index contributed by atoms with van der Waals surface area (Å²) >= 11 is 0. The van der Waals surface area contributed by atoms with Crippen molar-refractivity contribution >= 4 is 0 Å². The lowest BCUT2D eigenvalue weighted by Crippen LogP contribution is -2.34. The molecule has 3 aromatic rings. The number of rotatable bonds is 5. The van der Waals surface area contributed by atoms with Gasteiger partial charge in [0.2, 0.25) is 0 Å². The van der Waals surface area contributed by atoms with E-state index in [9.17, 15) is 9.50 Å². The van der Waals surface area contributed by atoms with Crippen molar-refractivity contribution in [2.24, 2.45) is 0 Å². The van der Waals surface area contributed by atoms with Gasteiger partial charge in [0, 0.05) is 36.5 Å². The summed E-state index contributed by atoms with van der Waals surface area (Å²) in [6.07, 6.45) is 3.67. The molecule has 152 valence electrons. The summed E-state index contributed by atoms with van der Waals surface area (Å²) in [5, 5.41) is 13.8. The van der Waals surface area contributed by atoms with Crippen LogP contribution >= 0.6 is 0 Å². The van der Waals surface area contributed by atoms with Crippen LogP contribution in [0.2, 0.25) is 0 Å². The number of aryl methyl sites for hydroxylation is 2. The molecule has 1 N–H and O–H groups in total. The van der Waals surface area contributed by atoms with Crippen LogP contribution in [-0.4, -0.2) is 38.2 Å². The van der Waals surface area contributed by atoms with Crippen molar-refractivity contribution in [2.45, 2.75) is 45.8 Å². The van der Waals surface area contributed by atoms with Gasteiger partial charge in [0.15, 0.2) is 0 Å². The summed E-state index contributed by atoms with van der Waals surface area (Å²) in [6, 6.07) is 6.99. The van der Waals surface area contributed by atoms with Crippen molar-refractivity contribution in [3.05, 3.63) is 64.7 Å². The standard InChI is InChI=1S/C22H25FN4O2/c1-14-21(15(2)29-26-14)22-17(13-28)7-8-19(25-22)16-5-4-10-27(11-16)12-20-18(23)6-3-9-24-20/h3,6-9,16,28H,4-5,10-13H2,1-2H3/t16-/m0/s1. The van der Waals surface area contributed by atoms with Crippen LogP contribution in [0.15, 0.2) is 35.0 Å². The minimum atomic E-state index is -0.263. The highest BCUT2D eigenvalue weighted by Gasteiger charge is 2.25. The van der Waals surface area contributed by atoms with Crippen molar-refractivity contribution in [1.29, 1.82) is 0 Å². The predicted octanol–water partition coefficient (Wildman–Crippen LogP) is 3.76. The summed E-state index contributed by atoms with van der Waals surface area (Å²) in [4.78, 5) is 11.3. The second-order valence-electron chi connectivity index (χ2n) is 7.61. The molecule has 0 saturated carbocycles. The van der Waals surface area contributed by atoms with Crippen LogP contribution in [0.25, 0.3) is 11.3 Å². The molecule has 4 heterocycles. The Morgan fingerprint density at radius 3 is 2.86 bits per heavy atom. The molecule has 0 radical (unpaired) electrons. The van der Waals surface area contributed by atoms with E-state index >= 15 is 0 Å². The molecule has 7 heteroatoms. The number of aliphatic hydroxyl groups excluding tert-OH is 1. The van der Waals surface area contributed by atoms with Crippen LogP contribution in [0.1, 0.15) is 47.2 Å². The van der Waals surface area contributed by atoms with Crippen LogP contribution in [-0.2, 0) is 13.2 Å². The molecule has 0 aliphatic carbocycles. The molecule has 1 aliphatic rings. The normalized spacial score (nSPS) is 17.6. The Kier molecular flexibility index (Phi) is 5.69. The number of nitrogens with zero attached hydrogens (tertiary/aromatic N) is 4. The number of aliphatic hydroxyl groups is 1. The van der Waals surface area contributed by atoms with Crippen LogP contribution in [0, 0.1) is 19.7 Å². The van der Waals surface area contributed by atoms with E-state index in [-0.39, 0.29) is 18.3 Å². The Hall–Kier alpha value is -2.64. The highest BCUT2D eigenvalue weighted by molar-refractivity contribution is 5.67. The first-order valence-corrected chi connectivity index (χ1v) is 9.92. The van der Waals surface area contributed by atoms with Gasteiger partial charge in [-0.25, -0.2) is 4.39 Å². The maximum atomic E-state index is 14.0. The fraction of sp³-hybridized carbons (Fsp3) is 0.409. The van der Waals surface area contributed by atoms with Gasteiger partial charge in [-0.15, -0.1) is 0 Å². The minimum absolute atomic E-state index is 0.0948. The lowest BCUT2D eigenvalue weighted by molar-refractivity contribution is 0.194. The second kappa shape index (κ2) is 8.39. The summed E-state index contributed by atoms with van der Waals surface area (Å²) in [5.41, 5.74) is 4.55. The van der Waals surface area contributed by atoms with E-state index in [0.717, 1.165) is 54.1 Å². The van der Waals surface area contributed by atoms with E-state index < -0.39 is 0 Å². The van der Waals surface area contributed by atoms with Crippen LogP contribution in [0.4, 0.5) is 4.39 Å². The molecule has 0 aromatic carbocycles. The average Bonchev–Trinajstić information content (AvgIpc) is 3.07. The molecule has 6 nitrogen and oxygen atoms in total. The number of halogens is 1. The summed E-state index contributed by atoms with van der Waals surface area (Å²) in [5.74, 6) is 0.668. The first-order valence-electron chi connectivity index (χ1n) is 9.92. The molecule has 0 amide bonds. The molecule has 1 saturated heterocycles. The predicted molar refractivity (Wildman–Crippen MR) is 107 cm³/mol. The zero-order chi connectivity index (χ0) is 20.4. The average molecular weight is 396 g/mol. The Morgan fingerprint density at radius 2 is 2.14 bits per heavy atom. The Balaban J connectivity index is 1.59. The third kappa shape index (κ3) is 4.06. The Labute approximate surface area is 169 Å². The van der Waals surface area contributed by atoms with Gasteiger partial charge in [0.25, 0.3) is 0 Å². The topological polar surface area (TPSA) is 75.3 Å². The second-order valence-corrected chi connectivity index (χ2v) is 7.61. The number of hydrogen-bond acceptors (Lipinski definition) is 6. The largest absolute Gasteiger partial charge is 0.392 e. The van der Waals surface area contributed by atoms with Gasteiger partial charge < -0.3 is 9.63 Å². The highest BCUT2D eigenvalue weighted by Crippen LogP contribution is 2.32. The summed E-state index contributed by atoms with van der Waals surface area (Å²) < 4.78 is 19.3. The van der Waals surface area contributed by atoms with E-state index in [0.29, 0.717) is 18.0 Å². The van der Waals surface area contributed by atoms with Crippen molar-refractivity contribution in [2.75, 3.05) is 13.1 Å². The molecular weight excluding hydrogens is 371 g/mol. The van der Waals surface area contributed by atoms with Crippen LogP contribution in [0.3, 0.4) is 0 Å². The number of likely N-dealkylation sites (tertiary alicyclic amines) is 1. The zero-order valence-corrected chi connectivity index (χ0v) is 16.7. The van der Waals surface area contributed by atoms with Gasteiger partial charge in [-0.3, -0.25) is 14.9 Å². The van der Waals surface area contributed by atoms with E-state index in [2.05, 4.69) is 15.0 Å². The third-order valence-electron chi connectivity index (χ3n) is 5.57.